The van der Waals surface area contributed by atoms with Crippen LogP contribution in [0.5, 0.6) is 0 Å². The van der Waals surface area contributed by atoms with Crippen LogP contribution < -0.4 is 0 Å². The third-order valence-electron chi connectivity index (χ3n) is 4.04. The van der Waals surface area contributed by atoms with Gasteiger partial charge in [0.1, 0.15) is 5.76 Å². The number of nitro groups is 1. The third-order valence-corrected chi connectivity index (χ3v) is 4.04. The van der Waals surface area contributed by atoms with Gasteiger partial charge in [-0.25, -0.2) is 0 Å². The topological polar surface area (TPSA) is 79.2 Å². The van der Waals surface area contributed by atoms with Gasteiger partial charge in [-0.05, 0) is 6.07 Å². The van der Waals surface area contributed by atoms with Crippen LogP contribution in [-0.4, -0.2) is 15.0 Å². The normalized spacial score (nSPS) is 13.9. The molecule has 3 rings (SSSR count). The van der Waals surface area contributed by atoms with Gasteiger partial charge >= 0.3 is 0 Å². The molecule has 1 saturated carbocycles. The van der Waals surface area contributed by atoms with Crippen LogP contribution in [0.3, 0.4) is 0 Å². The smallest absolute Gasteiger partial charge is 0.270 e. The Kier molecular flexibility index (Phi) is 4.78. The lowest BCUT2D eigenvalue weighted by Gasteiger charge is -2.15. The summed E-state index contributed by atoms with van der Waals surface area (Å²) < 4.78 is 0. The van der Waals surface area contributed by atoms with Gasteiger partial charge in [-0.1, -0.05) is 53.0 Å². The van der Waals surface area contributed by atoms with E-state index in [1.165, 1.54) is 37.8 Å². The van der Waals surface area contributed by atoms with Gasteiger partial charge < -0.3 is 10.1 Å². The van der Waals surface area contributed by atoms with Crippen LogP contribution in [0.1, 0.15) is 57.7 Å². The molecule has 1 heterocycles. The van der Waals surface area contributed by atoms with Crippen LogP contribution in [0.25, 0.3) is 16.7 Å². The van der Waals surface area contributed by atoms with Crippen molar-refractivity contribution in [3.8, 4) is 0 Å². The molecule has 1 aliphatic carbocycles. The van der Waals surface area contributed by atoms with E-state index >= 15 is 0 Å². The van der Waals surface area contributed by atoms with Gasteiger partial charge in [-0.2, -0.15) is 0 Å². The van der Waals surface area contributed by atoms with Crippen molar-refractivity contribution in [2.75, 3.05) is 0 Å². The summed E-state index contributed by atoms with van der Waals surface area (Å²) in [5.41, 5.74) is 1.81. The standard InChI is InChI=1S/C14H16N2O3.C4H8/c1-8(17)11-7-10(16(18)19)5-9-6-12(14(2,3)4)15-13(9)11;1-2-4-3-1/h5-7,15,17H,1H2,2-4H3;1-4H2. The van der Waals surface area contributed by atoms with Crippen molar-refractivity contribution in [1.82, 2.24) is 4.98 Å². The van der Waals surface area contributed by atoms with Gasteiger partial charge in [-0.15, -0.1) is 0 Å². The zero-order valence-corrected chi connectivity index (χ0v) is 14.0. The summed E-state index contributed by atoms with van der Waals surface area (Å²) in [5.74, 6) is -0.184. The first-order valence-electron chi connectivity index (χ1n) is 7.90. The Morgan fingerprint density at radius 2 is 1.78 bits per heavy atom. The highest BCUT2D eigenvalue weighted by atomic mass is 16.6. The molecule has 0 amide bonds. The summed E-state index contributed by atoms with van der Waals surface area (Å²) in [5, 5.41) is 21.2. The lowest BCUT2D eigenvalue weighted by Crippen LogP contribution is -2.11. The molecule has 23 heavy (non-hydrogen) atoms. The van der Waals surface area contributed by atoms with Crippen molar-refractivity contribution in [2.24, 2.45) is 0 Å². The molecule has 0 unspecified atom stereocenters. The summed E-state index contributed by atoms with van der Waals surface area (Å²) in [4.78, 5) is 13.6. The van der Waals surface area contributed by atoms with Crippen molar-refractivity contribution in [3.63, 3.8) is 0 Å². The number of rotatable bonds is 2. The molecule has 1 aromatic carbocycles. The molecule has 0 spiro atoms. The molecular formula is C18H24N2O3. The molecule has 1 aromatic heterocycles. The molecule has 5 heteroatoms. The highest BCUT2D eigenvalue weighted by Crippen LogP contribution is 2.32. The summed E-state index contributed by atoms with van der Waals surface area (Å²) in [6.45, 7) is 9.58. The second-order valence-corrected chi connectivity index (χ2v) is 7.01. The molecule has 0 aliphatic heterocycles. The minimum absolute atomic E-state index is 0.0582. The zero-order valence-electron chi connectivity index (χ0n) is 14.0. The highest BCUT2D eigenvalue weighted by molar-refractivity contribution is 5.92. The number of H-pyrrole nitrogens is 1. The molecule has 5 nitrogen and oxygen atoms in total. The molecule has 0 bridgehead atoms. The first kappa shape index (κ1) is 17.1. The van der Waals surface area contributed by atoms with Gasteiger partial charge in [0.05, 0.1) is 10.4 Å². The number of benzene rings is 1. The second-order valence-electron chi connectivity index (χ2n) is 7.01. The van der Waals surface area contributed by atoms with Crippen LogP contribution in [0.4, 0.5) is 5.69 Å². The molecule has 1 fully saturated rings. The maximum absolute atomic E-state index is 10.9. The predicted octanol–water partition coefficient (Wildman–Crippen LogP) is 5.46. The number of nitrogens with zero attached hydrogens (tertiary/aromatic N) is 1. The molecule has 1 aliphatic rings. The van der Waals surface area contributed by atoms with Gasteiger partial charge in [0.25, 0.3) is 5.69 Å². The number of aliphatic hydroxyl groups is 1. The molecule has 0 saturated heterocycles. The van der Waals surface area contributed by atoms with E-state index in [2.05, 4.69) is 11.6 Å². The number of aromatic amines is 1. The molecule has 2 N–H and O–H groups in total. The number of aromatic nitrogens is 1. The number of non-ortho nitro benzene ring substituents is 1. The van der Waals surface area contributed by atoms with Crippen LogP contribution in [0.2, 0.25) is 0 Å². The number of aliphatic hydroxyl groups excluding tert-OH is 1. The van der Waals surface area contributed by atoms with Crippen LogP contribution in [0, 0.1) is 10.1 Å². The predicted molar refractivity (Wildman–Crippen MR) is 93.8 cm³/mol. The average molecular weight is 316 g/mol. The van der Waals surface area contributed by atoms with E-state index in [4.69, 9.17) is 0 Å². The average Bonchev–Trinajstić information content (AvgIpc) is 2.78. The van der Waals surface area contributed by atoms with Crippen LogP contribution in [0.15, 0.2) is 24.8 Å². The summed E-state index contributed by atoms with van der Waals surface area (Å²) in [6, 6.07) is 4.69. The molecule has 0 atom stereocenters. The first-order valence-corrected chi connectivity index (χ1v) is 7.90. The number of nitro benzene ring substituents is 1. The lowest BCUT2D eigenvalue weighted by atomic mass is 9.92. The van der Waals surface area contributed by atoms with Gasteiger partial charge in [-0.3, -0.25) is 10.1 Å². The largest absolute Gasteiger partial charge is 0.508 e. The van der Waals surface area contributed by atoms with E-state index in [1.54, 1.807) is 0 Å². The monoisotopic (exact) mass is 316 g/mol. The van der Waals surface area contributed by atoms with Crippen molar-refractivity contribution in [3.05, 3.63) is 46.1 Å². The first-order chi connectivity index (χ1) is 10.7. The maximum Gasteiger partial charge on any atom is 0.270 e. The van der Waals surface area contributed by atoms with E-state index in [0.29, 0.717) is 16.5 Å². The van der Waals surface area contributed by atoms with E-state index in [9.17, 15) is 15.2 Å². The fraction of sp³-hybridized carbons (Fsp3) is 0.444. The Balaban J connectivity index is 0.000000417. The Labute approximate surface area is 136 Å². The summed E-state index contributed by atoms with van der Waals surface area (Å²) >= 11 is 0. The van der Waals surface area contributed by atoms with E-state index < -0.39 is 4.92 Å². The molecular weight excluding hydrogens is 292 g/mol. The molecule has 0 radical (unpaired) electrons. The maximum atomic E-state index is 10.9. The minimum Gasteiger partial charge on any atom is -0.508 e. The van der Waals surface area contributed by atoms with Crippen LogP contribution >= 0.6 is 0 Å². The number of nitrogens with one attached hydrogen (secondary N) is 1. The minimum atomic E-state index is -0.477. The van der Waals surface area contributed by atoms with Gasteiger partial charge in [0.15, 0.2) is 0 Å². The van der Waals surface area contributed by atoms with Crippen molar-refractivity contribution >= 4 is 22.3 Å². The van der Waals surface area contributed by atoms with Crippen molar-refractivity contribution in [2.45, 2.75) is 51.9 Å². The third kappa shape index (κ3) is 3.92. The highest BCUT2D eigenvalue weighted by Gasteiger charge is 2.20. The number of fused-ring (bicyclic) bond motifs is 1. The Hall–Kier alpha value is -2.30. The zero-order chi connectivity index (χ0) is 17.2. The quantitative estimate of drug-likeness (QED) is 0.438. The van der Waals surface area contributed by atoms with Crippen molar-refractivity contribution in [1.29, 1.82) is 0 Å². The summed E-state index contributed by atoms with van der Waals surface area (Å²) in [7, 11) is 0. The fourth-order valence-corrected chi connectivity index (χ4v) is 2.22. The Bertz CT molecular complexity index is 731. The SMILES string of the molecule is C1CCC1.C=C(O)c1cc([N+](=O)[O-])cc2cc(C(C)(C)C)[nH]c12. The number of hydrogen-bond donors (Lipinski definition) is 2. The Morgan fingerprint density at radius 1 is 1.22 bits per heavy atom. The van der Waals surface area contributed by atoms with Crippen molar-refractivity contribution < 1.29 is 10.0 Å². The Morgan fingerprint density at radius 3 is 2.17 bits per heavy atom. The van der Waals surface area contributed by atoms with Gasteiger partial charge in [0.2, 0.25) is 0 Å². The molecule has 2 aromatic rings. The van der Waals surface area contributed by atoms with E-state index in [-0.39, 0.29) is 16.9 Å². The fourth-order valence-electron chi connectivity index (χ4n) is 2.22. The van der Waals surface area contributed by atoms with Crippen LogP contribution in [-0.2, 0) is 5.41 Å². The number of hydrogen-bond acceptors (Lipinski definition) is 3. The summed E-state index contributed by atoms with van der Waals surface area (Å²) in [6.07, 6.45) is 6.00. The van der Waals surface area contributed by atoms with Gasteiger partial charge in [0, 0.05) is 34.2 Å². The van der Waals surface area contributed by atoms with E-state index in [0.717, 1.165) is 5.69 Å². The lowest BCUT2D eigenvalue weighted by molar-refractivity contribution is -0.384. The second kappa shape index (κ2) is 6.44. The molecule has 124 valence electrons. The van der Waals surface area contributed by atoms with E-state index in [1.807, 2.05) is 26.8 Å².